The van der Waals surface area contributed by atoms with E-state index in [0.717, 1.165) is 5.69 Å². The van der Waals surface area contributed by atoms with Crippen LogP contribution in [0.15, 0.2) is 30.5 Å². The molecule has 0 spiro atoms. The van der Waals surface area contributed by atoms with Crippen LogP contribution in [0.4, 0.5) is 0 Å². The fourth-order valence-corrected chi connectivity index (χ4v) is 0.932. The van der Waals surface area contributed by atoms with Gasteiger partial charge in [0.15, 0.2) is 0 Å². The molecule has 1 rings (SSSR count). The van der Waals surface area contributed by atoms with Crippen molar-refractivity contribution in [3.8, 4) is 0 Å². The Balaban J connectivity index is 0. The van der Waals surface area contributed by atoms with Gasteiger partial charge in [0.1, 0.15) is 0 Å². The smallest absolute Gasteiger partial charge is 0.330 e. The first-order valence-corrected chi connectivity index (χ1v) is 4.79. The van der Waals surface area contributed by atoms with E-state index < -0.39 is 0 Å². The second-order valence-corrected chi connectivity index (χ2v) is 2.90. The van der Waals surface area contributed by atoms with Gasteiger partial charge in [0.2, 0.25) is 0 Å². The minimum Gasteiger partial charge on any atom is -0.462 e. The van der Waals surface area contributed by atoms with Gasteiger partial charge in [-0.05, 0) is 31.2 Å². The third-order valence-corrected chi connectivity index (χ3v) is 1.67. The quantitative estimate of drug-likeness (QED) is 0.507. The van der Waals surface area contributed by atoms with Crippen LogP contribution in [-0.2, 0) is 9.53 Å². The van der Waals surface area contributed by atoms with Crippen molar-refractivity contribution in [1.29, 1.82) is 0 Å². The molecule has 6 heteroatoms. The van der Waals surface area contributed by atoms with Crippen molar-refractivity contribution in [3.63, 3.8) is 0 Å². The highest BCUT2D eigenvalue weighted by molar-refractivity contribution is 5.86. The number of carbonyl (C=O) groups excluding carboxylic acids is 1. The lowest BCUT2D eigenvalue weighted by molar-refractivity contribution is -0.137. The molecule has 2 N–H and O–H groups in total. The maximum atomic E-state index is 11.1. The molecule has 17 heavy (non-hydrogen) atoms. The number of carbonyl (C=O) groups is 1. The highest BCUT2D eigenvalue weighted by Crippen LogP contribution is 1.96. The number of nitrogens with two attached hydrogens (primary N) is 1. The van der Waals surface area contributed by atoms with Gasteiger partial charge in [-0.2, -0.15) is 0 Å². The molecular weight excluding hydrogens is 263 g/mol. The molecule has 1 aromatic heterocycles. The zero-order valence-corrected chi connectivity index (χ0v) is 10.9. The van der Waals surface area contributed by atoms with Crippen LogP contribution in [0.25, 0.3) is 6.08 Å². The molecule has 0 atom stereocenters. The zero-order chi connectivity index (χ0) is 10.9. The van der Waals surface area contributed by atoms with E-state index in [1.54, 1.807) is 12.3 Å². The monoisotopic (exact) mass is 278 g/mol. The normalized spacial score (nSPS) is 9.24. The van der Waals surface area contributed by atoms with Crippen molar-refractivity contribution in [1.82, 2.24) is 4.98 Å². The van der Waals surface area contributed by atoms with E-state index >= 15 is 0 Å². The summed E-state index contributed by atoms with van der Waals surface area (Å²) in [6.07, 6.45) is 5.33. The van der Waals surface area contributed by atoms with Crippen molar-refractivity contribution in [2.45, 2.75) is 6.42 Å². The number of hydrogen-bond acceptors (Lipinski definition) is 4. The minimum absolute atomic E-state index is 0. The van der Waals surface area contributed by atoms with Crippen LogP contribution in [0.2, 0.25) is 0 Å². The van der Waals surface area contributed by atoms with Crippen LogP contribution in [-0.4, -0.2) is 24.1 Å². The van der Waals surface area contributed by atoms with Crippen molar-refractivity contribution in [2.75, 3.05) is 13.2 Å². The van der Waals surface area contributed by atoms with Crippen molar-refractivity contribution in [3.05, 3.63) is 36.2 Å². The first-order valence-electron chi connectivity index (χ1n) is 4.79. The van der Waals surface area contributed by atoms with Crippen LogP contribution in [0, 0.1) is 0 Å². The fourth-order valence-electron chi connectivity index (χ4n) is 0.932. The van der Waals surface area contributed by atoms with E-state index in [4.69, 9.17) is 10.5 Å². The first-order chi connectivity index (χ1) is 7.33. The third kappa shape index (κ3) is 8.68. The van der Waals surface area contributed by atoms with Gasteiger partial charge >= 0.3 is 5.97 Å². The molecule has 0 fully saturated rings. The third-order valence-electron chi connectivity index (χ3n) is 1.67. The van der Waals surface area contributed by atoms with Gasteiger partial charge in [-0.25, -0.2) is 4.79 Å². The Kier molecular flexibility index (Phi) is 12.2. The second kappa shape index (κ2) is 11.4. The number of aromatic nitrogens is 1. The summed E-state index contributed by atoms with van der Waals surface area (Å²) in [7, 11) is 0. The van der Waals surface area contributed by atoms with Crippen LogP contribution in [0.5, 0.6) is 0 Å². The number of nitrogens with zero attached hydrogens (tertiary/aromatic N) is 1. The topological polar surface area (TPSA) is 65.2 Å². The number of esters is 1. The average Bonchev–Trinajstić information content (AvgIpc) is 2.28. The van der Waals surface area contributed by atoms with Crippen LogP contribution in [0.3, 0.4) is 0 Å². The van der Waals surface area contributed by atoms with E-state index in [2.05, 4.69) is 4.98 Å². The van der Waals surface area contributed by atoms with Crippen molar-refractivity contribution < 1.29 is 9.53 Å². The number of halogens is 2. The maximum Gasteiger partial charge on any atom is 0.330 e. The molecule has 0 unspecified atom stereocenters. The van der Waals surface area contributed by atoms with E-state index in [1.807, 2.05) is 18.2 Å². The molecule has 0 aromatic carbocycles. The van der Waals surface area contributed by atoms with Crippen molar-refractivity contribution >= 4 is 36.9 Å². The Morgan fingerprint density at radius 2 is 2.18 bits per heavy atom. The summed E-state index contributed by atoms with van der Waals surface area (Å²) >= 11 is 0. The summed E-state index contributed by atoms with van der Waals surface area (Å²) in [6, 6.07) is 5.48. The van der Waals surface area contributed by atoms with E-state index in [1.165, 1.54) is 6.08 Å². The lowest BCUT2D eigenvalue weighted by Gasteiger charge is -1.98. The van der Waals surface area contributed by atoms with Gasteiger partial charge in [-0.3, -0.25) is 4.98 Å². The van der Waals surface area contributed by atoms with Gasteiger partial charge in [-0.1, -0.05) is 6.07 Å². The summed E-state index contributed by atoms with van der Waals surface area (Å²) in [4.78, 5) is 15.1. The number of hydrogen-bond donors (Lipinski definition) is 1. The maximum absolute atomic E-state index is 11.1. The molecule has 0 bridgehead atoms. The molecule has 4 nitrogen and oxygen atoms in total. The molecular formula is C11H16Cl2N2O2. The Labute approximate surface area is 113 Å². The van der Waals surface area contributed by atoms with E-state index in [0.29, 0.717) is 19.6 Å². The molecule has 96 valence electrons. The largest absolute Gasteiger partial charge is 0.462 e. The van der Waals surface area contributed by atoms with Crippen LogP contribution in [0.1, 0.15) is 12.1 Å². The number of ether oxygens (including phenoxy) is 1. The fraction of sp³-hybridized carbons (Fsp3) is 0.273. The molecule has 0 aliphatic rings. The summed E-state index contributed by atoms with van der Waals surface area (Å²) in [5.41, 5.74) is 5.99. The predicted octanol–water partition coefficient (Wildman–Crippen LogP) is 1.83. The van der Waals surface area contributed by atoms with E-state index in [9.17, 15) is 4.79 Å². The minimum atomic E-state index is -0.367. The molecule has 0 saturated heterocycles. The summed E-state index contributed by atoms with van der Waals surface area (Å²) in [5.74, 6) is -0.367. The Morgan fingerprint density at radius 1 is 1.41 bits per heavy atom. The van der Waals surface area contributed by atoms with Crippen LogP contribution >= 0.6 is 24.8 Å². The summed E-state index contributed by atoms with van der Waals surface area (Å²) in [6.45, 7) is 0.888. The Bertz CT molecular complexity index is 332. The van der Waals surface area contributed by atoms with Crippen molar-refractivity contribution in [2.24, 2.45) is 5.73 Å². The van der Waals surface area contributed by atoms with E-state index in [-0.39, 0.29) is 30.8 Å². The Hall–Kier alpha value is -1.10. The molecule has 0 radical (unpaired) electrons. The van der Waals surface area contributed by atoms with Gasteiger partial charge in [0.05, 0.1) is 12.3 Å². The van der Waals surface area contributed by atoms with Gasteiger partial charge in [0, 0.05) is 12.3 Å². The predicted molar refractivity (Wildman–Crippen MR) is 72.4 cm³/mol. The molecule has 1 heterocycles. The SMILES string of the molecule is Cl.Cl.NCCCOC(=O)/C=C/c1ccccn1. The number of pyridine rings is 1. The van der Waals surface area contributed by atoms with Gasteiger partial charge in [0.25, 0.3) is 0 Å². The molecule has 0 aliphatic heterocycles. The van der Waals surface area contributed by atoms with Crippen LogP contribution < -0.4 is 5.73 Å². The first kappa shape index (κ1) is 18.3. The summed E-state index contributed by atoms with van der Waals surface area (Å²) in [5, 5.41) is 0. The molecule has 0 aliphatic carbocycles. The number of rotatable bonds is 5. The van der Waals surface area contributed by atoms with Gasteiger partial charge in [-0.15, -0.1) is 24.8 Å². The standard InChI is InChI=1S/C11H14N2O2.2ClH/c12-7-3-9-15-11(14)6-5-10-4-1-2-8-13-10;;/h1-2,4-6,8H,3,7,9,12H2;2*1H/b6-5+;;. The average molecular weight is 279 g/mol. The lowest BCUT2D eigenvalue weighted by Crippen LogP contribution is -2.07. The Morgan fingerprint density at radius 3 is 2.76 bits per heavy atom. The molecule has 1 aromatic rings. The lowest BCUT2D eigenvalue weighted by atomic mass is 10.3. The molecule has 0 saturated carbocycles. The highest BCUT2D eigenvalue weighted by atomic mass is 35.5. The summed E-state index contributed by atoms with van der Waals surface area (Å²) < 4.78 is 4.87. The second-order valence-electron chi connectivity index (χ2n) is 2.90. The zero-order valence-electron chi connectivity index (χ0n) is 9.24. The van der Waals surface area contributed by atoms with Gasteiger partial charge < -0.3 is 10.5 Å². The molecule has 0 amide bonds. The highest BCUT2D eigenvalue weighted by Gasteiger charge is 1.95.